The molecule has 0 aliphatic rings. The maximum absolute atomic E-state index is 6.40. The van der Waals surface area contributed by atoms with E-state index in [4.69, 9.17) is 19.4 Å². The predicted molar refractivity (Wildman–Crippen MR) is 180 cm³/mol. The van der Waals surface area contributed by atoms with Crippen molar-refractivity contribution in [2.75, 3.05) is 0 Å². The van der Waals surface area contributed by atoms with Gasteiger partial charge in [0.15, 0.2) is 17.5 Å². The summed E-state index contributed by atoms with van der Waals surface area (Å²) in [6, 6.07) is 43.5. The van der Waals surface area contributed by atoms with Crippen LogP contribution in [0, 0.1) is 0 Å². The monoisotopic (exact) mass is 582 g/mol. The number of nitrogens with zero attached hydrogens (tertiary/aromatic N) is 4. The first-order chi connectivity index (χ1) is 21.8. The number of furan rings is 1. The Balaban J connectivity index is 1.24. The first kappa shape index (κ1) is 24.8. The molecule has 4 heterocycles. The van der Waals surface area contributed by atoms with E-state index in [0.29, 0.717) is 23.2 Å². The molecule has 0 aliphatic carbocycles. The fraction of sp³-hybridized carbons (Fsp3) is 0. The van der Waals surface area contributed by atoms with Gasteiger partial charge in [-0.3, -0.25) is 0 Å². The number of pyridine rings is 1. The smallest absolute Gasteiger partial charge is 0.228 e. The van der Waals surface area contributed by atoms with Gasteiger partial charge in [0, 0.05) is 48.4 Å². The number of hydrogen-bond donors (Lipinski definition) is 0. The molecule has 0 fully saturated rings. The van der Waals surface area contributed by atoms with Gasteiger partial charge in [-0.25, -0.2) is 19.9 Å². The summed E-state index contributed by atoms with van der Waals surface area (Å²) in [5.41, 5.74) is 6.33. The predicted octanol–water partition coefficient (Wildman–Crippen LogP) is 10.2. The zero-order valence-corrected chi connectivity index (χ0v) is 24.1. The lowest BCUT2D eigenvalue weighted by Crippen LogP contribution is -2.00. The second-order valence-corrected chi connectivity index (χ2v) is 11.7. The van der Waals surface area contributed by atoms with Gasteiger partial charge in [-0.15, -0.1) is 11.3 Å². The Kier molecular flexibility index (Phi) is 5.61. The number of thiophene rings is 1. The zero-order chi connectivity index (χ0) is 29.0. The highest BCUT2D eigenvalue weighted by Crippen LogP contribution is 2.42. The van der Waals surface area contributed by atoms with E-state index in [1.807, 2.05) is 78.1 Å². The fourth-order valence-corrected chi connectivity index (χ4v) is 7.19. The largest absolute Gasteiger partial charge is 0.438 e. The third-order valence-corrected chi connectivity index (χ3v) is 9.25. The number of fused-ring (bicyclic) bond motifs is 6. The SMILES string of the molecule is c1ccc(-c2nc(-c3ccccc3)nc(-c3ccnc4oc5cc(-c6cccc7c6sc6ccccc67)ccc5c34)n2)cc1. The molecule has 0 saturated heterocycles. The summed E-state index contributed by atoms with van der Waals surface area (Å²) in [6.45, 7) is 0. The molecular formula is C38H22N4OS. The Hall–Kier alpha value is -5.72. The molecule has 0 spiro atoms. The Labute approximate surface area is 256 Å². The maximum Gasteiger partial charge on any atom is 0.228 e. The normalized spacial score (nSPS) is 11.6. The van der Waals surface area contributed by atoms with Crippen molar-refractivity contribution in [2.45, 2.75) is 0 Å². The van der Waals surface area contributed by atoms with E-state index in [-0.39, 0.29) is 0 Å². The Bertz CT molecular complexity index is 2440. The van der Waals surface area contributed by atoms with Crippen LogP contribution in [0.25, 0.3) is 87.5 Å². The van der Waals surface area contributed by atoms with Crippen LogP contribution in [0.3, 0.4) is 0 Å². The third kappa shape index (κ3) is 4.00. The zero-order valence-electron chi connectivity index (χ0n) is 23.3. The molecule has 0 saturated carbocycles. The lowest BCUT2D eigenvalue weighted by Gasteiger charge is -2.09. The maximum atomic E-state index is 6.40. The average molecular weight is 583 g/mol. The molecule has 44 heavy (non-hydrogen) atoms. The van der Waals surface area contributed by atoms with Crippen LogP contribution in [0.1, 0.15) is 0 Å². The van der Waals surface area contributed by atoms with Crippen LogP contribution in [0.2, 0.25) is 0 Å². The lowest BCUT2D eigenvalue weighted by molar-refractivity contribution is 0.654. The van der Waals surface area contributed by atoms with Crippen molar-refractivity contribution in [1.29, 1.82) is 0 Å². The number of rotatable bonds is 4. The van der Waals surface area contributed by atoms with Crippen LogP contribution in [0.5, 0.6) is 0 Å². The highest BCUT2D eigenvalue weighted by molar-refractivity contribution is 7.26. The summed E-state index contributed by atoms with van der Waals surface area (Å²) in [5.74, 6) is 1.81. The average Bonchev–Trinajstić information content (AvgIpc) is 3.67. The topological polar surface area (TPSA) is 64.7 Å². The van der Waals surface area contributed by atoms with Gasteiger partial charge < -0.3 is 4.42 Å². The van der Waals surface area contributed by atoms with Crippen LogP contribution in [-0.2, 0) is 0 Å². The van der Waals surface area contributed by atoms with Crippen molar-refractivity contribution >= 4 is 53.6 Å². The number of aromatic nitrogens is 4. The fourth-order valence-electron chi connectivity index (χ4n) is 5.96. The van der Waals surface area contributed by atoms with Crippen molar-refractivity contribution in [3.63, 3.8) is 0 Å². The van der Waals surface area contributed by atoms with E-state index in [1.54, 1.807) is 6.20 Å². The Morgan fingerprint density at radius 2 is 1.18 bits per heavy atom. The summed E-state index contributed by atoms with van der Waals surface area (Å²) in [6.07, 6.45) is 1.76. The lowest BCUT2D eigenvalue weighted by atomic mass is 10.0. The van der Waals surface area contributed by atoms with Gasteiger partial charge in [0.2, 0.25) is 5.71 Å². The molecule has 0 unspecified atom stereocenters. The summed E-state index contributed by atoms with van der Waals surface area (Å²) in [7, 11) is 0. The molecule has 0 N–H and O–H groups in total. The van der Waals surface area contributed by atoms with Gasteiger partial charge in [0.1, 0.15) is 5.58 Å². The molecule has 9 aromatic rings. The van der Waals surface area contributed by atoms with E-state index in [9.17, 15) is 0 Å². The molecule has 0 amide bonds. The summed E-state index contributed by atoms with van der Waals surface area (Å²) >= 11 is 1.83. The number of hydrogen-bond acceptors (Lipinski definition) is 6. The van der Waals surface area contributed by atoms with Crippen molar-refractivity contribution < 1.29 is 4.42 Å². The number of benzene rings is 5. The molecule has 5 aromatic carbocycles. The Morgan fingerprint density at radius 1 is 0.500 bits per heavy atom. The van der Waals surface area contributed by atoms with Gasteiger partial charge in [-0.05, 0) is 35.4 Å². The van der Waals surface area contributed by atoms with Crippen LogP contribution in [-0.4, -0.2) is 19.9 Å². The minimum atomic E-state index is 0.553. The van der Waals surface area contributed by atoms with Crippen molar-refractivity contribution in [3.8, 4) is 45.3 Å². The second-order valence-electron chi connectivity index (χ2n) is 10.7. The molecule has 9 rings (SSSR count). The van der Waals surface area contributed by atoms with Crippen molar-refractivity contribution in [2.24, 2.45) is 0 Å². The van der Waals surface area contributed by atoms with Crippen LogP contribution < -0.4 is 0 Å². The first-order valence-electron chi connectivity index (χ1n) is 14.4. The van der Waals surface area contributed by atoms with E-state index in [1.165, 1.54) is 25.7 Å². The Morgan fingerprint density at radius 3 is 1.95 bits per heavy atom. The summed E-state index contributed by atoms with van der Waals surface area (Å²) < 4.78 is 8.96. The molecule has 0 radical (unpaired) electrons. The standard InChI is InChI=1S/C38H22N4OS/c1-3-10-23(11-4-1)35-40-36(24-12-5-2-6-13-24)42-37(41-35)30-20-21-39-38-33(30)29-19-18-25(22-31(29)43-38)26-15-9-16-28-27-14-7-8-17-32(27)44-34(26)28/h1-22H. The molecule has 0 atom stereocenters. The van der Waals surface area contributed by atoms with Gasteiger partial charge in [0.25, 0.3) is 0 Å². The van der Waals surface area contributed by atoms with E-state index < -0.39 is 0 Å². The van der Waals surface area contributed by atoms with Gasteiger partial charge in [0.05, 0.1) is 5.39 Å². The first-order valence-corrected chi connectivity index (χ1v) is 15.2. The van der Waals surface area contributed by atoms with E-state index >= 15 is 0 Å². The van der Waals surface area contributed by atoms with E-state index in [0.717, 1.165) is 38.6 Å². The molecular weight excluding hydrogens is 561 g/mol. The minimum Gasteiger partial charge on any atom is -0.438 e. The van der Waals surface area contributed by atoms with Crippen molar-refractivity contribution in [3.05, 3.63) is 134 Å². The van der Waals surface area contributed by atoms with Gasteiger partial charge in [-0.2, -0.15) is 0 Å². The summed E-state index contributed by atoms with van der Waals surface area (Å²) in [4.78, 5) is 19.4. The van der Waals surface area contributed by atoms with Crippen LogP contribution in [0.15, 0.2) is 138 Å². The summed E-state index contributed by atoms with van der Waals surface area (Å²) in [5, 5.41) is 4.42. The molecule has 5 nitrogen and oxygen atoms in total. The molecule has 0 bridgehead atoms. The third-order valence-electron chi connectivity index (χ3n) is 8.03. The van der Waals surface area contributed by atoms with Crippen molar-refractivity contribution in [1.82, 2.24) is 19.9 Å². The quantitative estimate of drug-likeness (QED) is 0.207. The van der Waals surface area contributed by atoms with Crippen LogP contribution in [0.4, 0.5) is 0 Å². The van der Waals surface area contributed by atoms with Crippen LogP contribution >= 0.6 is 11.3 Å². The van der Waals surface area contributed by atoms with E-state index in [2.05, 4.69) is 65.6 Å². The second kappa shape index (κ2) is 9.93. The minimum absolute atomic E-state index is 0.553. The highest BCUT2D eigenvalue weighted by Gasteiger charge is 2.19. The van der Waals surface area contributed by atoms with Gasteiger partial charge >= 0.3 is 0 Å². The molecule has 206 valence electrons. The molecule has 6 heteroatoms. The molecule has 4 aromatic heterocycles. The molecule has 0 aliphatic heterocycles. The highest BCUT2D eigenvalue weighted by atomic mass is 32.1. The van der Waals surface area contributed by atoms with Gasteiger partial charge in [-0.1, -0.05) is 103 Å².